The fraction of sp³-hybridized carbons (Fsp3) is 0.294. The van der Waals surface area contributed by atoms with Gasteiger partial charge in [0.05, 0.1) is 9.79 Å². The van der Waals surface area contributed by atoms with Gasteiger partial charge >= 0.3 is 0 Å². The molecule has 0 spiro atoms. The van der Waals surface area contributed by atoms with Crippen LogP contribution in [0.25, 0.3) is 0 Å². The minimum Gasteiger partial charge on any atom is -0.378 e. The molecule has 0 radical (unpaired) electrons. The molecule has 0 saturated carbocycles. The normalized spacial score (nSPS) is 14.9. The summed E-state index contributed by atoms with van der Waals surface area (Å²) in [5.41, 5.74) is 3.54. The van der Waals surface area contributed by atoms with Gasteiger partial charge < -0.3 is 9.80 Å². The molecule has 4 nitrogen and oxygen atoms in total. The second-order valence-electron chi connectivity index (χ2n) is 6.05. The van der Waals surface area contributed by atoms with Gasteiger partial charge in [-0.15, -0.1) is 0 Å². The first kappa shape index (κ1) is 14.9. The molecule has 3 rings (SSSR count). The highest BCUT2D eigenvalue weighted by atomic mass is 32.2. The van der Waals surface area contributed by atoms with Crippen LogP contribution < -0.4 is 9.80 Å². The number of sulfone groups is 1. The predicted molar refractivity (Wildman–Crippen MR) is 89.8 cm³/mol. The Morgan fingerprint density at radius 1 is 0.773 bits per heavy atom. The lowest BCUT2D eigenvalue weighted by Crippen LogP contribution is -2.18. The van der Waals surface area contributed by atoms with E-state index in [0.717, 1.165) is 22.5 Å². The first-order chi connectivity index (χ1) is 10.3. The zero-order valence-corrected chi connectivity index (χ0v) is 14.1. The van der Waals surface area contributed by atoms with Gasteiger partial charge in [0.1, 0.15) is 0 Å². The minimum absolute atomic E-state index is 0.433. The van der Waals surface area contributed by atoms with Gasteiger partial charge in [-0.25, -0.2) is 8.42 Å². The van der Waals surface area contributed by atoms with E-state index in [1.165, 1.54) is 0 Å². The van der Waals surface area contributed by atoms with E-state index in [1.54, 1.807) is 12.1 Å². The zero-order chi connectivity index (χ0) is 16.1. The molecule has 0 aliphatic carbocycles. The topological polar surface area (TPSA) is 40.6 Å². The third-order valence-electron chi connectivity index (χ3n) is 4.09. The number of rotatable bonds is 2. The van der Waals surface area contributed by atoms with Crippen molar-refractivity contribution >= 4 is 21.2 Å². The largest absolute Gasteiger partial charge is 0.378 e. The molecule has 0 fully saturated rings. The first-order valence-corrected chi connectivity index (χ1v) is 8.64. The molecule has 0 unspecified atom stereocenters. The van der Waals surface area contributed by atoms with Crippen molar-refractivity contribution in [2.45, 2.75) is 16.2 Å². The van der Waals surface area contributed by atoms with Gasteiger partial charge in [0, 0.05) is 46.0 Å². The average molecular weight is 316 g/mol. The van der Waals surface area contributed by atoms with E-state index in [9.17, 15) is 8.42 Å². The van der Waals surface area contributed by atoms with Crippen LogP contribution in [0.4, 0.5) is 11.4 Å². The van der Waals surface area contributed by atoms with Crippen molar-refractivity contribution in [3.63, 3.8) is 0 Å². The van der Waals surface area contributed by atoms with E-state index in [-0.39, 0.29) is 0 Å². The molecular formula is C17H20N2O2S. The van der Waals surface area contributed by atoms with E-state index >= 15 is 0 Å². The third kappa shape index (κ3) is 2.25. The number of benzene rings is 2. The summed E-state index contributed by atoms with van der Waals surface area (Å²) in [7, 11) is 4.18. The summed E-state index contributed by atoms with van der Waals surface area (Å²) >= 11 is 0. The fourth-order valence-corrected chi connectivity index (χ4v) is 4.52. The summed E-state index contributed by atoms with van der Waals surface area (Å²) < 4.78 is 26.0. The Morgan fingerprint density at radius 3 is 1.55 bits per heavy atom. The van der Waals surface area contributed by atoms with Crippen LogP contribution in [0.15, 0.2) is 46.2 Å². The van der Waals surface area contributed by atoms with E-state index < -0.39 is 9.84 Å². The van der Waals surface area contributed by atoms with Gasteiger partial charge in [-0.3, -0.25) is 0 Å². The van der Waals surface area contributed by atoms with E-state index in [1.807, 2.05) is 62.3 Å². The molecule has 1 aliphatic rings. The van der Waals surface area contributed by atoms with Crippen LogP contribution in [0, 0.1) is 0 Å². The maximum atomic E-state index is 13.0. The second-order valence-corrected chi connectivity index (χ2v) is 7.94. The molecule has 0 bridgehead atoms. The van der Waals surface area contributed by atoms with Gasteiger partial charge in [0.2, 0.25) is 9.84 Å². The van der Waals surface area contributed by atoms with Crippen LogP contribution in [0.2, 0.25) is 0 Å². The first-order valence-electron chi connectivity index (χ1n) is 7.16. The lowest BCUT2D eigenvalue weighted by atomic mass is 10.0. The average Bonchev–Trinajstić information content (AvgIpc) is 2.46. The molecule has 116 valence electrons. The summed E-state index contributed by atoms with van der Waals surface area (Å²) in [5, 5.41) is 0. The lowest BCUT2D eigenvalue weighted by molar-refractivity contribution is 0.591. The number of hydrogen-bond donors (Lipinski definition) is 0. The summed E-state index contributed by atoms with van der Waals surface area (Å²) in [4.78, 5) is 4.70. The molecule has 0 amide bonds. The van der Waals surface area contributed by atoms with E-state index in [2.05, 4.69) is 0 Å². The van der Waals surface area contributed by atoms with Crippen molar-refractivity contribution in [2.75, 3.05) is 38.0 Å². The molecule has 0 aromatic heterocycles. The Hall–Kier alpha value is -2.01. The van der Waals surface area contributed by atoms with Crippen LogP contribution in [0.1, 0.15) is 11.1 Å². The highest BCUT2D eigenvalue weighted by Crippen LogP contribution is 2.37. The van der Waals surface area contributed by atoms with Crippen molar-refractivity contribution in [1.82, 2.24) is 0 Å². The van der Waals surface area contributed by atoms with Crippen LogP contribution >= 0.6 is 0 Å². The molecule has 1 heterocycles. The van der Waals surface area contributed by atoms with Gasteiger partial charge in [-0.1, -0.05) is 12.1 Å². The van der Waals surface area contributed by atoms with Crippen molar-refractivity contribution in [3.05, 3.63) is 47.5 Å². The number of nitrogens with zero attached hydrogens (tertiary/aromatic N) is 2. The Bertz CT molecular complexity index is 776. The second kappa shape index (κ2) is 5.02. The van der Waals surface area contributed by atoms with Crippen molar-refractivity contribution in [2.24, 2.45) is 0 Å². The molecule has 1 aliphatic heterocycles. The highest BCUT2D eigenvalue weighted by molar-refractivity contribution is 7.91. The van der Waals surface area contributed by atoms with Crippen molar-refractivity contribution < 1.29 is 8.42 Å². The molecule has 22 heavy (non-hydrogen) atoms. The van der Waals surface area contributed by atoms with E-state index in [4.69, 9.17) is 0 Å². The maximum absolute atomic E-state index is 13.0. The molecule has 2 aromatic rings. The lowest BCUT2D eigenvalue weighted by Gasteiger charge is -2.24. The summed E-state index contributed by atoms with van der Waals surface area (Å²) in [6.07, 6.45) is 0.658. The molecule has 0 saturated heterocycles. The van der Waals surface area contributed by atoms with Crippen molar-refractivity contribution in [1.29, 1.82) is 0 Å². The molecular weight excluding hydrogens is 296 g/mol. The SMILES string of the molecule is CN(C)c1ccc2c(c1)S(=O)(=O)c1cc(N(C)C)ccc1C2. The molecule has 5 heteroatoms. The van der Waals surface area contributed by atoms with Crippen molar-refractivity contribution in [3.8, 4) is 0 Å². The van der Waals surface area contributed by atoms with Gasteiger partial charge in [-0.05, 0) is 35.4 Å². The van der Waals surface area contributed by atoms with E-state index in [0.29, 0.717) is 16.2 Å². The Labute approximate surface area is 131 Å². The third-order valence-corrected chi connectivity index (χ3v) is 6.01. The number of hydrogen-bond acceptors (Lipinski definition) is 4. The number of fused-ring (bicyclic) bond motifs is 2. The van der Waals surface area contributed by atoms with Crippen LogP contribution in [-0.4, -0.2) is 36.6 Å². The quantitative estimate of drug-likeness (QED) is 0.728. The summed E-state index contributed by atoms with van der Waals surface area (Å²) in [6.45, 7) is 0. The highest BCUT2D eigenvalue weighted by Gasteiger charge is 2.30. The van der Waals surface area contributed by atoms with Crippen LogP contribution in [0.5, 0.6) is 0 Å². The monoisotopic (exact) mass is 316 g/mol. The Morgan fingerprint density at radius 2 is 1.18 bits per heavy atom. The van der Waals surface area contributed by atoms with Crippen LogP contribution in [0.3, 0.4) is 0 Å². The van der Waals surface area contributed by atoms with Gasteiger partial charge in [0.15, 0.2) is 0 Å². The standard InChI is InChI=1S/C17H20N2O2S/c1-18(2)14-7-5-12-9-13-6-8-15(19(3)4)11-17(13)22(20,21)16(12)10-14/h5-8,10-11H,9H2,1-4H3. The Balaban J connectivity index is 2.21. The molecule has 2 aromatic carbocycles. The summed E-state index contributed by atoms with van der Waals surface area (Å²) in [6, 6.07) is 11.3. The van der Waals surface area contributed by atoms with Gasteiger partial charge in [0.25, 0.3) is 0 Å². The maximum Gasteiger partial charge on any atom is 0.207 e. The Kier molecular flexibility index (Phi) is 3.40. The molecule has 0 N–H and O–H groups in total. The summed E-state index contributed by atoms with van der Waals surface area (Å²) in [5.74, 6) is 0. The van der Waals surface area contributed by atoms with Crippen LogP contribution in [-0.2, 0) is 16.3 Å². The van der Waals surface area contributed by atoms with Gasteiger partial charge in [-0.2, -0.15) is 0 Å². The fourth-order valence-electron chi connectivity index (χ4n) is 2.76. The predicted octanol–water partition coefficient (Wildman–Crippen LogP) is 2.56. The smallest absolute Gasteiger partial charge is 0.207 e. The number of anilines is 2. The minimum atomic E-state index is -3.47. The molecule has 0 atom stereocenters. The zero-order valence-electron chi connectivity index (χ0n) is 13.3.